The number of ether oxygens (including phenoxy) is 1. The summed E-state index contributed by atoms with van der Waals surface area (Å²) < 4.78 is 7.05. The molecule has 0 fully saturated rings. The molecule has 1 aromatic heterocycles. The fourth-order valence-corrected chi connectivity index (χ4v) is 3.36. The van der Waals surface area contributed by atoms with Gasteiger partial charge in [0.05, 0.1) is 24.9 Å². The molecule has 0 radical (unpaired) electrons. The van der Waals surface area contributed by atoms with Gasteiger partial charge in [-0.2, -0.15) is 5.10 Å². The molecule has 0 unspecified atom stereocenters. The lowest BCUT2D eigenvalue weighted by Gasteiger charge is -2.30. The minimum atomic E-state index is 0.0289. The molecular weight excluding hydrogens is 292 g/mol. The Morgan fingerprint density at radius 1 is 1.52 bits per heavy atom. The van der Waals surface area contributed by atoms with E-state index in [0.29, 0.717) is 6.61 Å². The first-order valence-corrected chi connectivity index (χ1v) is 8.43. The number of carbonyl (C=O) groups is 1. The number of aryl methyl sites for hydroxylation is 1. The van der Waals surface area contributed by atoms with Gasteiger partial charge < -0.3 is 15.0 Å². The second-order valence-corrected chi connectivity index (χ2v) is 6.45. The summed E-state index contributed by atoms with van der Waals surface area (Å²) in [7, 11) is 1.70. The van der Waals surface area contributed by atoms with Gasteiger partial charge in [-0.05, 0) is 38.2 Å². The molecule has 2 amide bonds. The molecule has 2 aliphatic rings. The third kappa shape index (κ3) is 3.75. The molecule has 6 heteroatoms. The lowest BCUT2D eigenvalue weighted by atomic mass is 9.94. The Morgan fingerprint density at radius 2 is 2.39 bits per heavy atom. The minimum Gasteiger partial charge on any atom is -0.383 e. The van der Waals surface area contributed by atoms with Crippen molar-refractivity contribution in [2.45, 2.75) is 45.2 Å². The zero-order valence-electron chi connectivity index (χ0n) is 14.0. The number of nitrogens with zero attached hydrogens (tertiary/aromatic N) is 3. The van der Waals surface area contributed by atoms with Gasteiger partial charge in [0.2, 0.25) is 0 Å². The monoisotopic (exact) mass is 318 g/mol. The highest BCUT2D eigenvalue weighted by atomic mass is 16.5. The van der Waals surface area contributed by atoms with E-state index in [-0.39, 0.29) is 12.1 Å². The van der Waals surface area contributed by atoms with E-state index in [4.69, 9.17) is 4.74 Å². The van der Waals surface area contributed by atoms with Crippen LogP contribution in [0.2, 0.25) is 0 Å². The summed E-state index contributed by atoms with van der Waals surface area (Å²) in [6.45, 7) is 5.01. The number of urea groups is 1. The van der Waals surface area contributed by atoms with Gasteiger partial charge in [0, 0.05) is 26.4 Å². The maximum Gasteiger partial charge on any atom is 0.318 e. The second kappa shape index (κ2) is 7.17. The van der Waals surface area contributed by atoms with Crippen LogP contribution >= 0.6 is 0 Å². The molecule has 1 aliphatic carbocycles. The Kier molecular flexibility index (Phi) is 5.00. The second-order valence-electron chi connectivity index (χ2n) is 6.45. The van der Waals surface area contributed by atoms with Crippen LogP contribution in [0, 0.1) is 0 Å². The molecule has 23 heavy (non-hydrogen) atoms. The highest BCUT2D eigenvalue weighted by molar-refractivity contribution is 5.75. The zero-order valence-corrected chi connectivity index (χ0v) is 14.0. The average Bonchev–Trinajstić information content (AvgIpc) is 2.97. The van der Waals surface area contributed by atoms with Gasteiger partial charge in [-0.15, -0.1) is 0 Å². The van der Waals surface area contributed by atoms with E-state index in [1.54, 1.807) is 7.11 Å². The molecule has 0 spiro atoms. The van der Waals surface area contributed by atoms with E-state index in [2.05, 4.69) is 29.6 Å². The Labute approximate surface area is 137 Å². The van der Waals surface area contributed by atoms with Crippen molar-refractivity contribution in [2.75, 3.05) is 26.8 Å². The van der Waals surface area contributed by atoms with E-state index in [1.165, 1.54) is 11.1 Å². The van der Waals surface area contributed by atoms with Gasteiger partial charge in [0.1, 0.15) is 0 Å². The van der Waals surface area contributed by atoms with Crippen molar-refractivity contribution in [1.29, 1.82) is 0 Å². The molecule has 1 atom stereocenters. The lowest BCUT2D eigenvalue weighted by molar-refractivity contribution is 0.183. The SMILES string of the molecule is COCCn1cc2c(n1)[C@H](NC(=O)N1CCC=C(C)C1)CCC2. The fraction of sp³-hybridized carbons (Fsp3) is 0.647. The van der Waals surface area contributed by atoms with E-state index >= 15 is 0 Å². The first-order chi connectivity index (χ1) is 11.2. The smallest absolute Gasteiger partial charge is 0.318 e. The van der Waals surface area contributed by atoms with E-state index < -0.39 is 0 Å². The summed E-state index contributed by atoms with van der Waals surface area (Å²) in [6.07, 6.45) is 8.34. The number of nitrogens with one attached hydrogen (secondary N) is 1. The van der Waals surface area contributed by atoms with Crippen molar-refractivity contribution >= 4 is 6.03 Å². The molecule has 1 aliphatic heterocycles. The van der Waals surface area contributed by atoms with E-state index in [0.717, 1.165) is 51.0 Å². The maximum atomic E-state index is 12.5. The number of fused-ring (bicyclic) bond motifs is 1. The van der Waals surface area contributed by atoms with Crippen molar-refractivity contribution in [3.05, 3.63) is 29.1 Å². The summed E-state index contributed by atoms with van der Waals surface area (Å²) in [4.78, 5) is 14.4. The van der Waals surface area contributed by atoms with Gasteiger partial charge in [0.25, 0.3) is 0 Å². The molecule has 2 heterocycles. The van der Waals surface area contributed by atoms with Crippen molar-refractivity contribution in [3.8, 4) is 0 Å². The van der Waals surface area contributed by atoms with Gasteiger partial charge in [-0.1, -0.05) is 11.6 Å². The molecule has 6 nitrogen and oxygen atoms in total. The summed E-state index contributed by atoms with van der Waals surface area (Å²) in [5.41, 5.74) is 3.55. The maximum absolute atomic E-state index is 12.5. The predicted molar refractivity (Wildman–Crippen MR) is 88.3 cm³/mol. The van der Waals surface area contributed by atoms with Crippen LogP contribution in [0.25, 0.3) is 0 Å². The van der Waals surface area contributed by atoms with Gasteiger partial charge in [0.15, 0.2) is 0 Å². The number of methoxy groups -OCH3 is 1. The molecule has 0 saturated heterocycles. The molecule has 0 bridgehead atoms. The molecule has 0 saturated carbocycles. The highest BCUT2D eigenvalue weighted by Crippen LogP contribution is 2.28. The van der Waals surface area contributed by atoms with Crippen molar-refractivity contribution < 1.29 is 9.53 Å². The quantitative estimate of drug-likeness (QED) is 0.866. The van der Waals surface area contributed by atoms with Gasteiger partial charge in [-0.3, -0.25) is 4.68 Å². The van der Waals surface area contributed by atoms with E-state index in [9.17, 15) is 4.79 Å². The molecule has 126 valence electrons. The Hall–Kier alpha value is -1.82. The van der Waals surface area contributed by atoms with Crippen LogP contribution in [0.1, 0.15) is 43.5 Å². The third-order valence-electron chi connectivity index (χ3n) is 4.58. The number of amides is 2. The number of hydrogen-bond donors (Lipinski definition) is 1. The topological polar surface area (TPSA) is 59.4 Å². The summed E-state index contributed by atoms with van der Waals surface area (Å²) >= 11 is 0. The third-order valence-corrected chi connectivity index (χ3v) is 4.58. The van der Waals surface area contributed by atoms with Crippen LogP contribution in [0.4, 0.5) is 4.79 Å². The minimum absolute atomic E-state index is 0.0289. The van der Waals surface area contributed by atoms with Crippen LogP contribution in [0.5, 0.6) is 0 Å². The lowest BCUT2D eigenvalue weighted by Crippen LogP contribution is -2.44. The molecule has 1 aromatic rings. The fourth-order valence-electron chi connectivity index (χ4n) is 3.36. The van der Waals surface area contributed by atoms with Crippen LogP contribution in [0.15, 0.2) is 17.8 Å². The summed E-state index contributed by atoms with van der Waals surface area (Å²) in [6, 6.07) is 0.0583. The Balaban J connectivity index is 1.66. The van der Waals surface area contributed by atoms with Crippen molar-refractivity contribution in [3.63, 3.8) is 0 Å². The predicted octanol–water partition coefficient (Wildman–Crippen LogP) is 2.27. The summed E-state index contributed by atoms with van der Waals surface area (Å²) in [5.74, 6) is 0. The van der Waals surface area contributed by atoms with Crippen molar-refractivity contribution in [2.24, 2.45) is 0 Å². The zero-order chi connectivity index (χ0) is 16.2. The standard InChI is InChI=1S/C17H26N4O2/c1-13-5-4-8-20(11-13)17(22)18-15-7-3-6-14-12-21(9-10-23-2)19-16(14)15/h5,12,15H,3-4,6-11H2,1-2H3,(H,18,22)/t15-/m1/s1. The molecule has 0 aromatic carbocycles. The largest absolute Gasteiger partial charge is 0.383 e. The molecule has 3 rings (SSSR count). The Bertz CT molecular complexity index is 593. The number of hydrogen-bond acceptors (Lipinski definition) is 3. The number of aromatic nitrogens is 2. The average molecular weight is 318 g/mol. The van der Waals surface area contributed by atoms with Crippen molar-refractivity contribution in [1.82, 2.24) is 20.0 Å². The van der Waals surface area contributed by atoms with Crippen LogP contribution in [-0.2, 0) is 17.7 Å². The Morgan fingerprint density at radius 3 is 3.17 bits per heavy atom. The number of carbonyl (C=O) groups excluding carboxylic acids is 1. The van der Waals surface area contributed by atoms with Crippen LogP contribution in [0.3, 0.4) is 0 Å². The van der Waals surface area contributed by atoms with Crippen LogP contribution in [-0.4, -0.2) is 47.5 Å². The highest BCUT2D eigenvalue weighted by Gasteiger charge is 2.27. The van der Waals surface area contributed by atoms with Crippen LogP contribution < -0.4 is 5.32 Å². The van der Waals surface area contributed by atoms with Gasteiger partial charge in [-0.25, -0.2) is 4.79 Å². The normalized spacial score (nSPS) is 20.9. The van der Waals surface area contributed by atoms with Gasteiger partial charge >= 0.3 is 6.03 Å². The number of rotatable bonds is 4. The molecule has 1 N–H and O–H groups in total. The van der Waals surface area contributed by atoms with E-state index in [1.807, 2.05) is 9.58 Å². The first kappa shape index (κ1) is 16.1. The first-order valence-electron chi connectivity index (χ1n) is 8.43. The summed E-state index contributed by atoms with van der Waals surface area (Å²) in [5, 5.41) is 7.86. The molecular formula is C17H26N4O2.